The molecule has 0 amide bonds. The number of rotatable bonds is 0. The lowest BCUT2D eigenvalue weighted by Crippen LogP contribution is -2.15. The van der Waals surface area contributed by atoms with Crippen LogP contribution in [0.3, 0.4) is 0 Å². The summed E-state index contributed by atoms with van der Waals surface area (Å²) < 4.78 is 5.20. The van der Waals surface area contributed by atoms with Gasteiger partial charge in [0, 0.05) is 5.92 Å². The van der Waals surface area contributed by atoms with Gasteiger partial charge in [0.2, 0.25) is 0 Å². The third-order valence-electron chi connectivity index (χ3n) is 3.32. The molecule has 0 spiro atoms. The Morgan fingerprint density at radius 2 is 2.20 bits per heavy atom. The van der Waals surface area contributed by atoms with E-state index in [0.717, 1.165) is 18.8 Å². The van der Waals surface area contributed by atoms with Gasteiger partial charge in [-0.25, -0.2) is 0 Å². The van der Waals surface area contributed by atoms with Gasteiger partial charge < -0.3 is 4.74 Å². The largest absolute Gasteiger partial charge is 0.462 e. The van der Waals surface area contributed by atoms with Gasteiger partial charge in [0.1, 0.15) is 6.10 Å². The van der Waals surface area contributed by atoms with E-state index in [4.69, 9.17) is 4.74 Å². The molecule has 10 heavy (non-hydrogen) atoms. The first-order valence-electron chi connectivity index (χ1n) is 4.05. The molecule has 0 N–H and O–H groups in total. The van der Waals surface area contributed by atoms with Crippen LogP contribution in [0.1, 0.15) is 19.3 Å². The van der Waals surface area contributed by atoms with E-state index in [1.54, 1.807) is 0 Å². The summed E-state index contributed by atoms with van der Waals surface area (Å²) in [4.78, 5) is 11.1. The molecule has 3 rings (SSSR count). The van der Waals surface area contributed by atoms with Gasteiger partial charge in [0.15, 0.2) is 0 Å². The fourth-order valence-corrected chi connectivity index (χ4v) is 2.93. The number of carbonyl (C=O) groups is 1. The third kappa shape index (κ3) is 0.414. The van der Waals surface area contributed by atoms with Gasteiger partial charge in [-0.05, 0) is 25.2 Å². The highest BCUT2D eigenvalue weighted by atomic mass is 16.6. The van der Waals surface area contributed by atoms with Crippen LogP contribution in [0.5, 0.6) is 0 Å². The number of hydrogen-bond acceptors (Lipinski definition) is 2. The van der Waals surface area contributed by atoms with Gasteiger partial charge in [-0.15, -0.1) is 0 Å². The highest BCUT2D eigenvalue weighted by molar-refractivity contribution is 5.76. The molecular formula is C8H10O2. The van der Waals surface area contributed by atoms with Crippen molar-refractivity contribution in [3.63, 3.8) is 0 Å². The zero-order valence-electron chi connectivity index (χ0n) is 5.75. The van der Waals surface area contributed by atoms with Crippen LogP contribution in [-0.2, 0) is 9.53 Å². The molecule has 3 aliphatic rings. The van der Waals surface area contributed by atoms with Crippen LogP contribution >= 0.6 is 0 Å². The van der Waals surface area contributed by atoms with Crippen LogP contribution in [0.2, 0.25) is 0 Å². The average molecular weight is 138 g/mol. The predicted octanol–water partition coefficient (Wildman–Crippen LogP) is 0.958. The highest BCUT2D eigenvalue weighted by Crippen LogP contribution is 2.54. The molecule has 1 heterocycles. The van der Waals surface area contributed by atoms with Crippen molar-refractivity contribution in [2.45, 2.75) is 25.4 Å². The lowest BCUT2D eigenvalue weighted by molar-refractivity contribution is -0.143. The average Bonchev–Trinajstić information content (AvgIpc) is 2.44. The second-order valence-corrected chi connectivity index (χ2v) is 3.82. The Morgan fingerprint density at radius 3 is 2.80 bits per heavy atom. The Labute approximate surface area is 59.6 Å². The molecule has 2 heteroatoms. The standard InChI is InChI=1S/C8H10O2/c9-8-6-2-4-1-5(6)7(3-4)10-8/h4-7H,1-3H2/t4?,5-,6?,7?/m0/s1. The van der Waals surface area contributed by atoms with E-state index in [9.17, 15) is 4.79 Å². The minimum atomic E-state index is 0.0926. The molecule has 2 saturated carbocycles. The molecule has 2 aliphatic carbocycles. The summed E-state index contributed by atoms with van der Waals surface area (Å²) in [6.45, 7) is 0. The molecular weight excluding hydrogens is 128 g/mol. The van der Waals surface area contributed by atoms with Crippen molar-refractivity contribution in [3.8, 4) is 0 Å². The van der Waals surface area contributed by atoms with Crippen LogP contribution in [0, 0.1) is 17.8 Å². The third-order valence-corrected chi connectivity index (χ3v) is 3.32. The number of hydrogen-bond donors (Lipinski definition) is 0. The Kier molecular flexibility index (Phi) is 0.715. The summed E-state index contributed by atoms with van der Waals surface area (Å²) in [7, 11) is 0. The maximum atomic E-state index is 11.1. The first kappa shape index (κ1) is 5.16. The van der Waals surface area contributed by atoms with Crippen molar-refractivity contribution in [2.75, 3.05) is 0 Å². The molecule has 2 nitrogen and oxygen atoms in total. The summed E-state index contributed by atoms with van der Waals surface area (Å²) in [6, 6.07) is 0. The fourth-order valence-electron chi connectivity index (χ4n) is 2.93. The smallest absolute Gasteiger partial charge is 0.309 e. The van der Waals surface area contributed by atoms with Crippen molar-refractivity contribution in [1.29, 1.82) is 0 Å². The van der Waals surface area contributed by atoms with Crippen molar-refractivity contribution < 1.29 is 9.53 Å². The van der Waals surface area contributed by atoms with Crippen molar-refractivity contribution in [1.82, 2.24) is 0 Å². The van der Waals surface area contributed by atoms with E-state index in [-0.39, 0.29) is 5.97 Å². The van der Waals surface area contributed by atoms with E-state index >= 15 is 0 Å². The normalized spacial score (nSPS) is 55.8. The van der Waals surface area contributed by atoms with Crippen LogP contribution in [0.4, 0.5) is 0 Å². The van der Waals surface area contributed by atoms with Crippen LogP contribution in [-0.4, -0.2) is 12.1 Å². The molecule has 0 aromatic heterocycles. The minimum absolute atomic E-state index is 0.0926. The number of carbonyl (C=O) groups excluding carboxylic acids is 1. The van der Waals surface area contributed by atoms with Crippen LogP contribution in [0.25, 0.3) is 0 Å². The van der Waals surface area contributed by atoms with Gasteiger partial charge in [-0.3, -0.25) is 4.79 Å². The second kappa shape index (κ2) is 1.39. The topological polar surface area (TPSA) is 26.3 Å². The lowest BCUT2D eigenvalue weighted by atomic mass is 9.90. The molecule has 0 aromatic carbocycles. The molecule has 54 valence electrons. The molecule has 0 radical (unpaired) electrons. The summed E-state index contributed by atoms with van der Waals surface area (Å²) in [6.07, 6.45) is 3.88. The minimum Gasteiger partial charge on any atom is -0.462 e. The van der Waals surface area contributed by atoms with Gasteiger partial charge in [0.05, 0.1) is 5.92 Å². The Hall–Kier alpha value is -0.530. The Bertz CT molecular complexity index is 197. The van der Waals surface area contributed by atoms with Crippen molar-refractivity contribution >= 4 is 5.97 Å². The van der Waals surface area contributed by atoms with E-state index in [0.29, 0.717) is 17.9 Å². The Morgan fingerprint density at radius 1 is 1.30 bits per heavy atom. The quantitative estimate of drug-likeness (QED) is 0.466. The van der Waals surface area contributed by atoms with Gasteiger partial charge in [0.25, 0.3) is 0 Å². The summed E-state index contributed by atoms with van der Waals surface area (Å²) >= 11 is 0. The van der Waals surface area contributed by atoms with Gasteiger partial charge in [-0.1, -0.05) is 0 Å². The van der Waals surface area contributed by atoms with E-state index in [2.05, 4.69) is 0 Å². The Balaban J connectivity index is 2.05. The summed E-state index contributed by atoms with van der Waals surface area (Å²) in [5.41, 5.74) is 0. The first-order chi connectivity index (χ1) is 4.84. The fraction of sp³-hybridized carbons (Fsp3) is 0.875. The number of esters is 1. The van der Waals surface area contributed by atoms with Crippen molar-refractivity contribution in [2.24, 2.45) is 17.8 Å². The van der Waals surface area contributed by atoms with E-state index in [1.807, 2.05) is 0 Å². The predicted molar refractivity (Wildman–Crippen MR) is 34.2 cm³/mol. The molecule has 0 aromatic rings. The molecule has 2 bridgehead atoms. The zero-order chi connectivity index (χ0) is 6.72. The second-order valence-electron chi connectivity index (χ2n) is 3.82. The molecule has 4 atom stereocenters. The van der Waals surface area contributed by atoms with E-state index in [1.165, 1.54) is 6.42 Å². The zero-order valence-corrected chi connectivity index (χ0v) is 5.75. The summed E-state index contributed by atoms with van der Waals surface area (Å²) in [5.74, 6) is 1.85. The maximum Gasteiger partial charge on any atom is 0.309 e. The molecule has 3 fully saturated rings. The van der Waals surface area contributed by atoms with Crippen molar-refractivity contribution in [3.05, 3.63) is 0 Å². The monoisotopic (exact) mass is 138 g/mol. The highest BCUT2D eigenvalue weighted by Gasteiger charge is 2.56. The van der Waals surface area contributed by atoms with Gasteiger partial charge in [-0.2, -0.15) is 0 Å². The van der Waals surface area contributed by atoms with Crippen LogP contribution in [0.15, 0.2) is 0 Å². The number of ether oxygens (including phenoxy) is 1. The van der Waals surface area contributed by atoms with E-state index < -0.39 is 0 Å². The maximum absolute atomic E-state index is 11.1. The summed E-state index contributed by atoms with van der Waals surface area (Å²) in [5, 5.41) is 0. The number of fused-ring (bicyclic) bond motifs is 1. The first-order valence-corrected chi connectivity index (χ1v) is 4.05. The molecule has 1 aliphatic heterocycles. The lowest BCUT2D eigenvalue weighted by Gasteiger charge is -2.11. The van der Waals surface area contributed by atoms with Crippen LogP contribution < -0.4 is 0 Å². The molecule has 3 unspecified atom stereocenters. The SMILES string of the molecule is O=C1OC2CC3CC1[C@@H]2C3. The molecule has 1 saturated heterocycles. The van der Waals surface area contributed by atoms with Gasteiger partial charge >= 0.3 is 5.97 Å².